The van der Waals surface area contributed by atoms with Crippen molar-refractivity contribution in [2.24, 2.45) is 0 Å². The Labute approximate surface area is 46.8 Å². The molecule has 40 valence electrons. The Morgan fingerprint density at radius 3 is 2.71 bits per heavy atom. The van der Waals surface area contributed by atoms with Gasteiger partial charge in [-0.15, -0.1) is 6.58 Å². The summed E-state index contributed by atoms with van der Waals surface area (Å²) in [4.78, 5) is 0. The molecule has 0 amide bonds. The fraction of sp³-hybridized carbons (Fsp3) is 0.667. The molecule has 0 radical (unpaired) electrons. The minimum absolute atomic E-state index is 0.133. The second kappa shape index (κ2) is 1.82. The van der Waals surface area contributed by atoms with E-state index >= 15 is 0 Å². The van der Waals surface area contributed by atoms with Gasteiger partial charge in [-0.2, -0.15) is 0 Å². The van der Waals surface area contributed by atoms with Crippen LogP contribution < -0.4 is 0 Å². The first-order valence-electron chi connectivity index (χ1n) is 2.95. The van der Waals surface area contributed by atoms with Crippen LogP contribution in [0, 0.1) is 0 Å². The topological polar surface area (TPSA) is 0 Å². The summed E-state index contributed by atoms with van der Waals surface area (Å²) in [6.45, 7) is 6.07. The Morgan fingerprint density at radius 2 is 2.57 bits per heavy atom. The summed E-state index contributed by atoms with van der Waals surface area (Å²) < 4.78 is 0. The van der Waals surface area contributed by atoms with Crippen LogP contribution in [0.25, 0.3) is 0 Å². The fourth-order valence-electron chi connectivity index (χ4n) is 0.942. The molecule has 0 bridgehead atoms. The van der Waals surface area contributed by atoms with Crippen LogP contribution in [0.5, 0.6) is 0 Å². The molecule has 1 aliphatic rings. The second-order valence-electron chi connectivity index (χ2n) is 2.50. The average Bonchev–Trinajstić information content (AvgIpc) is 2.22. The van der Waals surface area contributed by atoms with Gasteiger partial charge in [-0.05, 0) is 6.04 Å². The molecule has 0 N–H and O–H groups in total. The maximum absolute atomic E-state index is 3.71. The van der Waals surface area contributed by atoms with Crippen molar-refractivity contribution in [1.29, 1.82) is 0 Å². The molecule has 1 saturated heterocycles. The lowest BCUT2D eigenvalue weighted by molar-refractivity contribution is 1.21. The summed E-state index contributed by atoms with van der Waals surface area (Å²) in [6.07, 6.45) is 2.08. The molecule has 0 saturated carbocycles. The van der Waals surface area contributed by atoms with Crippen LogP contribution in [-0.4, -0.2) is 8.80 Å². The summed E-state index contributed by atoms with van der Waals surface area (Å²) in [5, 5.41) is 0. The summed E-state index contributed by atoms with van der Waals surface area (Å²) in [5.74, 6) is 0. The predicted octanol–water partition coefficient (Wildman–Crippen LogP) is 1.80. The van der Waals surface area contributed by atoms with Crippen molar-refractivity contribution < 1.29 is 0 Å². The van der Waals surface area contributed by atoms with Crippen LogP contribution in [0.3, 0.4) is 0 Å². The standard InChI is InChI=1S/C6H12Si/c1-3-4-7-5-6(7)2/h3,6-7H,1,4-5H2,2H3. The van der Waals surface area contributed by atoms with Gasteiger partial charge in [0, 0.05) is 8.80 Å². The van der Waals surface area contributed by atoms with Gasteiger partial charge < -0.3 is 0 Å². The summed E-state index contributed by atoms with van der Waals surface area (Å²) >= 11 is 0. The molecular formula is C6H12Si. The molecular weight excluding hydrogens is 100 g/mol. The van der Waals surface area contributed by atoms with Crippen LogP contribution in [-0.2, 0) is 0 Å². The zero-order valence-corrected chi connectivity index (χ0v) is 6.01. The van der Waals surface area contributed by atoms with Crippen LogP contribution in [0.15, 0.2) is 12.7 Å². The molecule has 1 heterocycles. The van der Waals surface area contributed by atoms with E-state index in [1.54, 1.807) is 6.04 Å². The summed E-state index contributed by atoms with van der Waals surface area (Å²) in [7, 11) is -0.133. The molecule has 7 heavy (non-hydrogen) atoms. The van der Waals surface area contributed by atoms with Crippen LogP contribution in [0.4, 0.5) is 0 Å². The maximum atomic E-state index is 3.71. The predicted molar refractivity (Wildman–Crippen MR) is 36.4 cm³/mol. The molecule has 0 aromatic rings. The fourth-order valence-corrected chi connectivity index (χ4v) is 3.40. The Balaban J connectivity index is 2.08. The summed E-state index contributed by atoms with van der Waals surface area (Å²) in [5.41, 5.74) is 1.14. The first-order valence-corrected chi connectivity index (χ1v) is 5.25. The van der Waals surface area contributed by atoms with E-state index in [-0.39, 0.29) is 8.80 Å². The third-order valence-corrected chi connectivity index (χ3v) is 5.24. The third-order valence-electron chi connectivity index (χ3n) is 1.75. The highest BCUT2D eigenvalue weighted by Crippen LogP contribution is 2.38. The van der Waals surface area contributed by atoms with Crippen molar-refractivity contribution in [2.75, 3.05) is 0 Å². The first kappa shape index (κ1) is 5.10. The minimum Gasteiger partial charge on any atom is -0.103 e. The highest BCUT2D eigenvalue weighted by molar-refractivity contribution is 6.72. The van der Waals surface area contributed by atoms with Crippen molar-refractivity contribution in [3.63, 3.8) is 0 Å². The monoisotopic (exact) mass is 112 g/mol. The number of hydrogen-bond donors (Lipinski definition) is 0. The molecule has 0 aliphatic carbocycles. The zero-order chi connectivity index (χ0) is 5.28. The molecule has 0 aromatic heterocycles. The van der Waals surface area contributed by atoms with E-state index in [2.05, 4.69) is 19.6 Å². The van der Waals surface area contributed by atoms with Gasteiger partial charge in [0.05, 0.1) is 0 Å². The minimum atomic E-state index is -0.133. The Bertz CT molecular complexity index is 78.2. The normalized spacial score (nSPS) is 37.9. The number of allylic oxidation sites excluding steroid dienone is 1. The van der Waals surface area contributed by atoms with Gasteiger partial charge in [-0.25, -0.2) is 0 Å². The smallest absolute Gasteiger partial charge is 0.0430 e. The van der Waals surface area contributed by atoms with Gasteiger partial charge in [-0.3, -0.25) is 0 Å². The Morgan fingerprint density at radius 1 is 2.00 bits per heavy atom. The zero-order valence-electron chi connectivity index (χ0n) is 4.85. The van der Waals surface area contributed by atoms with Gasteiger partial charge >= 0.3 is 0 Å². The molecule has 1 heteroatoms. The molecule has 1 rings (SSSR count). The molecule has 2 atom stereocenters. The second-order valence-corrected chi connectivity index (χ2v) is 6.10. The van der Waals surface area contributed by atoms with E-state index in [4.69, 9.17) is 0 Å². The van der Waals surface area contributed by atoms with E-state index in [9.17, 15) is 0 Å². The molecule has 0 aromatic carbocycles. The lowest BCUT2D eigenvalue weighted by Crippen LogP contribution is -1.81. The molecule has 1 aliphatic heterocycles. The van der Waals surface area contributed by atoms with Crippen molar-refractivity contribution in [3.8, 4) is 0 Å². The van der Waals surface area contributed by atoms with Gasteiger partial charge in [0.2, 0.25) is 0 Å². The molecule has 0 spiro atoms. The van der Waals surface area contributed by atoms with Gasteiger partial charge in [0.15, 0.2) is 0 Å². The Hall–Kier alpha value is -0.0431. The van der Waals surface area contributed by atoms with Crippen molar-refractivity contribution in [3.05, 3.63) is 12.7 Å². The van der Waals surface area contributed by atoms with Crippen LogP contribution in [0.2, 0.25) is 17.6 Å². The van der Waals surface area contributed by atoms with Crippen molar-refractivity contribution in [1.82, 2.24) is 0 Å². The SMILES string of the molecule is C=CC[SiH]1CC1C. The first-order chi connectivity index (χ1) is 3.34. The Kier molecular flexibility index (Phi) is 1.33. The third kappa shape index (κ3) is 1.16. The largest absolute Gasteiger partial charge is 0.103 e. The van der Waals surface area contributed by atoms with Crippen LogP contribution >= 0.6 is 0 Å². The number of hydrogen-bond acceptors (Lipinski definition) is 0. The molecule has 0 nitrogen and oxygen atoms in total. The molecule has 2 unspecified atom stereocenters. The van der Waals surface area contributed by atoms with E-state index in [1.807, 2.05) is 0 Å². The lowest BCUT2D eigenvalue weighted by atomic mass is 10.6. The quantitative estimate of drug-likeness (QED) is 0.377. The van der Waals surface area contributed by atoms with Crippen LogP contribution in [0.1, 0.15) is 6.92 Å². The highest BCUT2D eigenvalue weighted by Gasteiger charge is 2.32. The van der Waals surface area contributed by atoms with Gasteiger partial charge in [0.1, 0.15) is 0 Å². The lowest BCUT2D eigenvalue weighted by Gasteiger charge is -1.80. The maximum Gasteiger partial charge on any atom is 0.0430 e. The van der Waals surface area contributed by atoms with Crippen molar-refractivity contribution in [2.45, 2.75) is 24.6 Å². The van der Waals surface area contributed by atoms with E-state index in [0.717, 1.165) is 5.54 Å². The van der Waals surface area contributed by atoms with Crippen molar-refractivity contribution >= 4 is 8.80 Å². The van der Waals surface area contributed by atoms with Gasteiger partial charge in [-0.1, -0.05) is 24.6 Å². The number of rotatable bonds is 2. The summed E-state index contributed by atoms with van der Waals surface area (Å²) in [6, 6.07) is 2.95. The average molecular weight is 112 g/mol. The highest BCUT2D eigenvalue weighted by atomic mass is 28.3. The van der Waals surface area contributed by atoms with Gasteiger partial charge in [0.25, 0.3) is 0 Å². The van der Waals surface area contributed by atoms with E-state index in [0.29, 0.717) is 0 Å². The van der Waals surface area contributed by atoms with E-state index < -0.39 is 0 Å². The van der Waals surface area contributed by atoms with E-state index in [1.165, 1.54) is 6.04 Å². The molecule has 1 fully saturated rings.